The molecule has 6 nitrogen and oxygen atoms in total. The Kier molecular flexibility index (Phi) is 9.87. The van der Waals surface area contributed by atoms with Crippen molar-refractivity contribution in [3.8, 4) is 0 Å². The number of carbonyl (C=O) groups excluding carboxylic acids is 1. The molecule has 0 spiro atoms. The van der Waals surface area contributed by atoms with Gasteiger partial charge in [-0.3, -0.25) is 4.79 Å². The normalized spacial score (nSPS) is 13.9. The third-order valence-electron chi connectivity index (χ3n) is 3.29. The molecule has 0 radical (unpaired) electrons. The highest BCUT2D eigenvalue weighted by Gasteiger charge is 2.19. The summed E-state index contributed by atoms with van der Waals surface area (Å²) < 4.78 is 30.1. The van der Waals surface area contributed by atoms with E-state index in [1.165, 1.54) is 10.6 Å². The van der Waals surface area contributed by atoms with E-state index in [1.807, 2.05) is 13.8 Å². The first-order valence-corrected chi connectivity index (χ1v) is 9.76. The molecule has 0 aliphatic heterocycles. The minimum absolute atomic E-state index is 0.0796. The Morgan fingerprint density at radius 1 is 1.18 bits per heavy atom. The molecule has 0 unspecified atom stereocenters. The highest BCUT2D eigenvalue weighted by molar-refractivity contribution is 7.88. The average Bonchev–Trinajstić information content (AvgIpc) is 2.35. The molecule has 0 aromatic heterocycles. The lowest BCUT2D eigenvalue weighted by atomic mass is 10.1. The van der Waals surface area contributed by atoms with Gasteiger partial charge in [-0.25, -0.2) is 8.42 Å². The highest BCUT2D eigenvalue weighted by atomic mass is 32.2. The number of ether oxygens (including phenoxy) is 1. The van der Waals surface area contributed by atoms with Crippen molar-refractivity contribution in [3.63, 3.8) is 0 Å². The molecule has 0 aliphatic rings. The number of hydrogen-bond donors (Lipinski definition) is 1. The zero-order valence-corrected chi connectivity index (χ0v) is 15.6. The van der Waals surface area contributed by atoms with Crippen molar-refractivity contribution in [1.29, 1.82) is 0 Å². The Hall–Kier alpha value is -0.660. The molecule has 0 bridgehead atoms. The molecular weight excluding hydrogens is 304 g/mol. The molecule has 0 heterocycles. The smallest absolute Gasteiger partial charge is 0.248 e. The maximum Gasteiger partial charge on any atom is 0.248 e. The van der Waals surface area contributed by atoms with Crippen LogP contribution in [0.25, 0.3) is 0 Å². The van der Waals surface area contributed by atoms with Crippen molar-refractivity contribution in [3.05, 3.63) is 0 Å². The summed E-state index contributed by atoms with van der Waals surface area (Å²) >= 11 is 0. The molecular formula is C15H32N2O4S. The molecule has 1 N–H and O–H groups in total. The van der Waals surface area contributed by atoms with Crippen LogP contribution in [0.1, 0.15) is 47.5 Å². The van der Waals surface area contributed by atoms with Crippen LogP contribution in [0, 0.1) is 5.92 Å². The van der Waals surface area contributed by atoms with Crippen molar-refractivity contribution in [2.24, 2.45) is 5.92 Å². The summed E-state index contributed by atoms with van der Waals surface area (Å²) in [6.07, 6.45) is 2.23. The van der Waals surface area contributed by atoms with Crippen molar-refractivity contribution >= 4 is 15.9 Å². The van der Waals surface area contributed by atoms with Crippen LogP contribution in [0.5, 0.6) is 0 Å². The van der Waals surface area contributed by atoms with E-state index in [4.69, 9.17) is 4.74 Å². The Balaban J connectivity index is 4.01. The Morgan fingerprint density at radius 2 is 1.77 bits per heavy atom. The van der Waals surface area contributed by atoms with Crippen LogP contribution in [0.15, 0.2) is 0 Å². The third kappa shape index (κ3) is 9.38. The summed E-state index contributed by atoms with van der Waals surface area (Å²) in [6, 6.07) is -0.0796. The van der Waals surface area contributed by atoms with Gasteiger partial charge in [0.2, 0.25) is 15.9 Å². The molecule has 0 aliphatic carbocycles. The molecule has 132 valence electrons. The number of nitrogens with one attached hydrogen (secondary N) is 1. The number of sulfonamides is 1. The number of amides is 1. The predicted octanol–water partition coefficient (Wildman–Crippen LogP) is 1.61. The fourth-order valence-electron chi connectivity index (χ4n) is 1.95. The molecule has 0 saturated carbocycles. The van der Waals surface area contributed by atoms with Crippen molar-refractivity contribution in [2.45, 2.75) is 59.6 Å². The SMILES string of the molecule is CC(C)CCO[C@@H](C)C(=O)NCCCN(C(C)C)S(C)(=O)=O. The van der Waals surface area contributed by atoms with Gasteiger partial charge in [-0.15, -0.1) is 0 Å². The summed E-state index contributed by atoms with van der Waals surface area (Å²) in [5, 5.41) is 2.78. The topological polar surface area (TPSA) is 75.7 Å². The van der Waals surface area contributed by atoms with Gasteiger partial charge in [0.1, 0.15) is 6.10 Å². The summed E-state index contributed by atoms with van der Waals surface area (Å²) in [6.45, 7) is 11.0. The Bertz CT molecular complexity index is 421. The third-order valence-corrected chi connectivity index (χ3v) is 4.74. The second-order valence-electron chi connectivity index (χ2n) is 6.31. The molecule has 7 heteroatoms. The van der Waals surface area contributed by atoms with Gasteiger partial charge in [-0.1, -0.05) is 13.8 Å². The molecule has 0 aromatic carbocycles. The van der Waals surface area contributed by atoms with Gasteiger partial charge in [-0.05, 0) is 39.5 Å². The van der Waals surface area contributed by atoms with Crippen LogP contribution in [-0.4, -0.2) is 56.7 Å². The molecule has 0 saturated heterocycles. The van der Waals surface area contributed by atoms with E-state index in [1.54, 1.807) is 6.92 Å². The van der Waals surface area contributed by atoms with E-state index >= 15 is 0 Å². The van der Waals surface area contributed by atoms with Gasteiger partial charge >= 0.3 is 0 Å². The summed E-state index contributed by atoms with van der Waals surface area (Å²) in [4.78, 5) is 11.8. The van der Waals surface area contributed by atoms with Crippen molar-refractivity contribution in [1.82, 2.24) is 9.62 Å². The largest absolute Gasteiger partial charge is 0.369 e. The van der Waals surface area contributed by atoms with Crippen molar-refractivity contribution in [2.75, 3.05) is 26.0 Å². The molecule has 0 fully saturated rings. The summed E-state index contributed by atoms with van der Waals surface area (Å²) in [5.41, 5.74) is 0. The highest BCUT2D eigenvalue weighted by Crippen LogP contribution is 2.05. The zero-order valence-electron chi connectivity index (χ0n) is 14.8. The van der Waals surface area contributed by atoms with Gasteiger partial charge in [0, 0.05) is 25.7 Å². The number of carbonyl (C=O) groups is 1. The first-order valence-electron chi connectivity index (χ1n) is 7.91. The fraction of sp³-hybridized carbons (Fsp3) is 0.933. The Labute approximate surface area is 135 Å². The van der Waals surface area contributed by atoms with Crippen molar-refractivity contribution < 1.29 is 17.9 Å². The molecule has 22 heavy (non-hydrogen) atoms. The minimum atomic E-state index is -3.21. The van der Waals surface area contributed by atoms with E-state index in [-0.39, 0.29) is 11.9 Å². The molecule has 0 rings (SSSR count). The van der Waals surface area contributed by atoms with E-state index in [0.29, 0.717) is 32.0 Å². The van der Waals surface area contributed by atoms with Crippen LogP contribution in [0.4, 0.5) is 0 Å². The second-order valence-corrected chi connectivity index (χ2v) is 8.24. The first-order chi connectivity index (χ1) is 10.1. The second kappa shape index (κ2) is 10.2. The van der Waals surface area contributed by atoms with Gasteiger partial charge in [0.15, 0.2) is 0 Å². The van der Waals surface area contributed by atoms with Crippen LogP contribution < -0.4 is 5.32 Å². The monoisotopic (exact) mass is 336 g/mol. The maximum absolute atomic E-state index is 11.8. The lowest BCUT2D eigenvalue weighted by Crippen LogP contribution is -2.40. The van der Waals surface area contributed by atoms with Gasteiger partial charge in [-0.2, -0.15) is 4.31 Å². The van der Waals surface area contributed by atoms with Crippen LogP contribution in [0.2, 0.25) is 0 Å². The van der Waals surface area contributed by atoms with Crippen LogP contribution in [0.3, 0.4) is 0 Å². The zero-order chi connectivity index (χ0) is 17.3. The molecule has 1 amide bonds. The fourth-order valence-corrected chi connectivity index (χ4v) is 3.18. The molecule has 0 aromatic rings. The van der Waals surface area contributed by atoms with Crippen LogP contribution >= 0.6 is 0 Å². The van der Waals surface area contributed by atoms with Gasteiger partial charge in [0.05, 0.1) is 6.26 Å². The van der Waals surface area contributed by atoms with E-state index in [2.05, 4.69) is 19.2 Å². The standard InChI is InChI=1S/C15H32N2O4S/c1-12(2)8-11-21-14(5)15(18)16-9-7-10-17(13(3)4)22(6,19)20/h12-14H,7-11H2,1-6H3,(H,16,18)/t14-/m0/s1. The lowest BCUT2D eigenvalue weighted by Gasteiger charge is -2.24. The van der Waals surface area contributed by atoms with E-state index < -0.39 is 16.1 Å². The van der Waals surface area contributed by atoms with Gasteiger partial charge < -0.3 is 10.1 Å². The minimum Gasteiger partial charge on any atom is -0.369 e. The summed E-state index contributed by atoms with van der Waals surface area (Å²) in [5.74, 6) is 0.396. The number of rotatable bonds is 11. The van der Waals surface area contributed by atoms with Gasteiger partial charge in [0.25, 0.3) is 0 Å². The van der Waals surface area contributed by atoms with Crippen LogP contribution in [-0.2, 0) is 19.6 Å². The summed E-state index contributed by atoms with van der Waals surface area (Å²) in [7, 11) is -3.21. The Morgan fingerprint density at radius 3 is 2.23 bits per heavy atom. The average molecular weight is 336 g/mol. The van der Waals surface area contributed by atoms with E-state index in [9.17, 15) is 13.2 Å². The van der Waals surface area contributed by atoms with E-state index in [0.717, 1.165) is 6.42 Å². The maximum atomic E-state index is 11.8. The number of hydrogen-bond acceptors (Lipinski definition) is 4. The quantitative estimate of drug-likeness (QED) is 0.582. The lowest BCUT2D eigenvalue weighted by molar-refractivity contribution is -0.131. The molecule has 1 atom stereocenters. The first kappa shape index (κ1) is 21.3. The number of nitrogens with zero attached hydrogens (tertiary/aromatic N) is 1. The predicted molar refractivity (Wildman–Crippen MR) is 89.2 cm³/mol.